The number of amides is 1. The second kappa shape index (κ2) is 11.4. The van der Waals surface area contributed by atoms with Gasteiger partial charge in [0, 0.05) is 44.9 Å². The van der Waals surface area contributed by atoms with E-state index in [-0.39, 0.29) is 29.1 Å². The first-order chi connectivity index (χ1) is 15.4. The summed E-state index contributed by atoms with van der Waals surface area (Å²) in [7, 11) is 2.05. The van der Waals surface area contributed by atoms with Crippen LogP contribution in [0.1, 0.15) is 29.6 Å². The molecular weight excluding hydrogens is 480 g/mol. The number of esters is 2. The molecule has 32 heavy (non-hydrogen) atoms. The lowest BCUT2D eigenvalue weighted by molar-refractivity contribution is -0.133. The second-order valence-corrected chi connectivity index (χ2v) is 8.55. The molecule has 2 aliphatic heterocycles. The van der Waals surface area contributed by atoms with Gasteiger partial charge in [0.25, 0.3) is 5.91 Å². The summed E-state index contributed by atoms with van der Waals surface area (Å²) in [6.45, 7) is 7.25. The van der Waals surface area contributed by atoms with Crippen molar-refractivity contribution in [3.8, 4) is 11.5 Å². The molecule has 2 heterocycles. The van der Waals surface area contributed by atoms with Crippen LogP contribution in [0.5, 0.6) is 11.5 Å². The van der Waals surface area contributed by atoms with Crippen molar-refractivity contribution in [2.75, 3.05) is 39.8 Å². The topological polar surface area (TPSA) is 85.4 Å². The normalized spacial score (nSPS) is 17.8. The summed E-state index contributed by atoms with van der Waals surface area (Å²) < 4.78 is 17.0. The predicted octanol–water partition coefficient (Wildman–Crippen LogP) is 2.96. The van der Waals surface area contributed by atoms with Gasteiger partial charge in [-0.25, -0.2) is 9.59 Å². The molecule has 1 aromatic rings. The first-order valence-corrected chi connectivity index (χ1v) is 11.3. The predicted molar refractivity (Wildman–Crippen MR) is 122 cm³/mol. The van der Waals surface area contributed by atoms with Crippen LogP contribution < -0.4 is 9.47 Å². The second-order valence-electron chi connectivity index (χ2n) is 7.70. The number of likely N-dealkylation sites (N-methyl/N-ethyl adjacent to an activating group) is 1. The van der Waals surface area contributed by atoms with Crippen LogP contribution in [0, 0.1) is 0 Å². The Kier molecular flexibility index (Phi) is 8.60. The Morgan fingerprint density at radius 1 is 1.22 bits per heavy atom. The van der Waals surface area contributed by atoms with Gasteiger partial charge in [0.2, 0.25) is 0 Å². The van der Waals surface area contributed by atoms with E-state index in [9.17, 15) is 14.4 Å². The van der Waals surface area contributed by atoms with E-state index in [1.165, 1.54) is 0 Å². The van der Waals surface area contributed by atoms with Crippen molar-refractivity contribution in [3.05, 3.63) is 47.0 Å². The summed E-state index contributed by atoms with van der Waals surface area (Å²) in [6, 6.07) is 3.15. The van der Waals surface area contributed by atoms with E-state index >= 15 is 0 Å². The minimum absolute atomic E-state index is 0.0122. The maximum Gasteiger partial charge on any atom is 0.336 e. The smallest absolute Gasteiger partial charge is 0.336 e. The van der Waals surface area contributed by atoms with Crippen LogP contribution in [0.25, 0.3) is 0 Å². The highest BCUT2D eigenvalue weighted by molar-refractivity contribution is 9.10. The zero-order chi connectivity index (χ0) is 23.1. The van der Waals surface area contributed by atoms with Crippen molar-refractivity contribution >= 4 is 33.8 Å². The van der Waals surface area contributed by atoms with Crippen LogP contribution in [0.3, 0.4) is 0 Å². The molecule has 172 valence electrons. The summed E-state index contributed by atoms with van der Waals surface area (Å²) in [4.78, 5) is 40.9. The zero-order valence-electron chi connectivity index (χ0n) is 18.0. The van der Waals surface area contributed by atoms with E-state index in [1.54, 1.807) is 17.0 Å². The van der Waals surface area contributed by atoms with Gasteiger partial charge in [0.1, 0.15) is 0 Å². The Labute approximate surface area is 195 Å². The highest BCUT2D eigenvalue weighted by atomic mass is 79.9. The fraction of sp³-hybridized carbons (Fsp3) is 0.435. The molecule has 0 saturated carbocycles. The van der Waals surface area contributed by atoms with Crippen molar-refractivity contribution in [1.29, 1.82) is 0 Å². The molecule has 0 radical (unpaired) electrons. The Balaban J connectivity index is 1.59. The standard InChI is InChI=1S/C23H27BrN2O6/c1-3-11-25(2)12-4-15-30-16-9-13-26(14-10-16)23(29)17-5-6-18(24)22-21(17)31-19(27)7-8-20(28)32-22/h3,5-8,16H,1,4,9-15H2,2H3/b8-7+. The van der Waals surface area contributed by atoms with Gasteiger partial charge >= 0.3 is 11.9 Å². The highest BCUT2D eigenvalue weighted by Gasteiger charge is 2.30. The van der Waals surface area contributed by atoms with Crippen LogP contribution >= 0.6 is 15.9 Å². The lowest BCUT2D eigenvalue weighted by Gasteiger charge is -2.32. The van der Waals surface area contributed by atoms with Crippen LogP contribution in [0.2, 0.25) is 0 Å². The number of rotatable bonds is 8. The number of benzene rings is 1. The summed E-state index contributed by atoms with van der Waals surface area (Å²) in [5.41, 5.74) is 0.171. The minimum Gasteiger partial charge on any atom is -0.418 e. The SMILES string of the molecule is C=CCN(C)CCCOC1CCN(C(=O)c2ccc(Br)c3c2OC(=O)/C=C/C(=O)O3)CC1. The molecule has 2 aliphatic rings. The summed E-state index contributed by atoms with van der Waals surface area (Å²) >= 11 is 3.28. The maximum atomic E-state index is 13.2. The molecule has 0 N–H and O–H groups in total. The summed E-state index contributed by atoms with van der Waals surface area (Å²) in [5.74, 6) is -1.80. The van der Waals surface area contributed by atoms with Crippen LogP contribution in [-0.4, -0.2) is 73.6 Å². The monoisotopic (exact) mass is 506 g/mol. The molecule has 0 aliphatic carbocycles. The molecule has 1 amide bonds. The molecular formula is C23H27BrN2O6. The summed E-state index contributed by atoms with van der Waals surface area (Å²) in [5, 5.41) is 0. The molecule has 0 aromatic heterocycles. The van der Waals surface area contributed by atoms with Gasteiger partial charge in [-0.1, -0.05) is 6.08 Å². The number of carbonyl (C=O) groups excluding carboxylic acids is 3. The van der Waals surface area contributed by atoms with Crippen LogP contribution in [0.15, 0.2) is 41.4 Å². The molecule has 8 nitrogen and oxygen atoms in total. The molecule has 9 heteroatoms. The Bertz CT molecular complexity index is 908. The van der Waals surface area contributed by atoms with Gasteiger partial charge in [0.05, 0.1) is 16.1 Å². The van der Waals surface area contributed by atoms with E-state index in [2.05, 4.69) is 27.4 Å². The molecule has 0 bridgehead atoms. The number of hydrogen-bond donors (Lipinski definition) is 0. The van der Waals surface area contributed by atoms with Gasteiger partial charge in [-0.15, -0.1) is 6.58 Å². The van der Waals surface area contributed by atoms with Crippen molar-refractivity contribution in [2.45, 2.75) is 25.4 Å². The quantitative estimate of drug-likeness (QED) is 0.232. The van der Waals surface area contributed by atoms with Crippen molar-refractivity contribution < 1.29 is 28.6 Å². The number of carbonyl (C=O) groups is 3. The Hall–Kier alpha value is -2.49. The average molecular weight is 507 g/mol. The molecule has 1 fully saturated rings. The van der Waals surface area contributed by atoms with Gasteiger partial charge in [-0.2, -0.15) is 0 Å². The number of piperidine rings is 1. The van der Waals surface area contributed by atoms with Gasteiger partial charge in [-0.3, -0.25) is 4.79 Å². The van der Waals surface area contributed by atoms with Gasteiger partial charge in [0.15, 0.2) is 11.5 Å². The molecule has 0 spiro atoms. The van der Waals surface area contributed by atoms with Gasteiger partial charge < -0.3 is 24.0 Å². The zero-order valence-corrected chi connectivity index (χ0v) is 19.6. The number of likely N-dealkylation sites (tertiary alicyclic amines) is 1. The largest absolute Gasteiger partial charge is 0.418 e. The molecule has 1 aromatic carbocycles. The van der Waals surface area contributed by atoms with Crippen LogP contribution in [0.4, 0.5) is 0 Å². The van der Waals surface area contributed by atoms with E-state index in [4.69, 9.17) is 14.2 Å². The number of ether oxygens (including phenoxy) is 3. The van der Waals surface area contributed by atoms with E-state index in [1.807, 2.05) is 13.1 Å². The first-order valence-electron chi connectivity index (χ1n) is 10.5. The molecule has 3 rings (SSSR count). The summed E-state index contributed by atoms with van der Waals surface area (Å²) in [6.07, 6.45) is 6.33. The van der Waals surface area contributed by atoms with E-state index in [0.717, 1.165) is 44.5 Å². The van der Waals surface area contributed by atoms with E-state index < -0.39 is 11.9 Å². The number of hydrogen-bond acceptors (Lipinski definition) is 7. The third-order valence-corrected chi connectivity index (χ3v) is 5.89. The molecule has 0 unspecified atom stereocenters. The van der Waals surface area contributed by atoms with Crippen molar-refractivity contribution in [2.24, 2.45) is 0 Å². The lowest BCUT2D eigenvalue weighted by atomic mass is 10.1. The Morgan fingerprint density at radius 2 is 1.88 bits per heavy atom. The lowest BCUT2D eigenvalue weighted by Crippen LogP contribution is -2.41. The average Bonchev–Trinajstić information content (AvgIpc) is 2.77. The number of nitrogens with zero attached hydrogens (tertiary/aromatic N) is 2. The molecule has 1 saturated heterocycles. The van der Waals surface area contributed by atoms with Crippen LogP contribution in [-0.2, 0) is 14.3 Å². The van der Waals surface area contributed by atoms with Gasteiger partial charge in [-0.05, 0) is 54.4 Å². The third-order valence-electron chi connectivity index (χ3n) is 5.26. The fourth-order valence-corrected chi connectivity index (χ4v) is 3.99. The first kappa shape index (κ1) is 24.2. The molecule has 0 atom stereocenters. The number of fused-ring (bicyclic) bond motifs is 1. The minimum atomic E-state index is -0.749. The number of halogens is 1. The fourth-order valence-electron chi connectivity index (χ4n) is 3.60. The Morgan fingerprint density at radius 3 is 2.53 bits per heavy atom. The highest BCUT2D eigenvalue weighted by Crippen LogP contribution is 2.40. The maximum absolute atomic E-state index is 13.2. The van der Waals surface area contributed by atoms with Crippen molar-refractivity contribution in [1.82, 2.24) is 9.80 Å². The third kappa shape index (κ3) is 6.27. The van der Waals surface area contributed by atoms with E-state index in [0.29, 0.717) is 24.2 Å². The van der Waals surface area contributed by atoms with Crippen molar-refractivity contribution in [3.63, 3.8) is 0 Å².